The van der Waals surface area contributed by atoms with E-state index >= 15 is 0 Å². The molecular formula is C13H16N4O4. The summed E-state index contributed by atoms with van der Waals surface area (Å²) in [4.78, 5) is 12.6. The predicted octanol–water partition coefficient (Wildman–Crippen LogP) is 1.18. The zero-order valence-electron chi connectivity index (χ0n) is 11.4. The van der Waals surface area contributed by atoms with Crippen molar-refractivity contribution in [1.29, 1.82) is 0 Å². The Bertz CT molecular complexity index is 636. The van der Waals surface area contributed by atoms with Crippen LogP contribution in [0, 0.1) is 10.1 Å². The van der Waals surface area contributed by atoms with Gasteiger partial charge in [0.1, 0.15) is 6.61 Å². The fourth-order valence-electron chi connectivity index (χ4n) is 2.30. The second-order valence-corrected chi connectivity index (χ2v) is 4.82. The van der Waals surface area contributed by atoms with Crippen LogP contribution < -0.4 is 4.74 Å². The second kappa shape index (κ2) is 6.06. The third-order valence-corrected chi connectivity index (χ3v) is 3.47. The van der Waals surface area contributed by atoms with Crippen molar-refractivity contribution in [3.05, 3.63) is 28.3 Å². The van der Waals surface area contributed by atoms with Crippen LogP contribution in [0.3, 0.4) is 0 Å². The molecule has 0 unspecified atom stereocenters. The van der Waals surface area contributed by atoms with Crippen LogP contribution in [0.5, 0.6) is 5.88 Å². The van der Waals surface area contributed by atoms with Crippen LogP contribution in [-0.4, -0.2) is 59.5 Å². The van der Waals surface area contributed by atoms with Gasteiger partial charge < -0.3 is 9.47 Å². The van der Waals surface area contributed by atoms with Gasteiger partial charge in [-0.3, -0.25) is 20.1 Å². The Hall–Kier alpha value is -2.19. The summed E-state index contributed by atoms with van der Waals surface area (Å²) >= 11 is 0. The first-order valence-electron chi connectivity index (χ1n) is 6.79. The number of aromatic amines is 1. The fourth-order valence-corrected chi connectivity index (χ4v) is 2.30. The van der Waals surface area contributed by atoms with Gasteiger partial charge in [0.2, 0.25) is 5.88 Å². The van der Waals surface area contributed by atoms with Crippen LogP contribution in [0.2, 0.25) is 0 Å². The number of ether oxygens (including phenoxy) is 2. The minimum atomic E-state index is -0.427. The minimum Gasteiger partial charge on any atom is -0.475 e. The van der Waals surface area contributed by atoms with Gasteiger partial charge in [-0.15, -0.1) is 5.10 Å². The van der Waals surface area contributed by atoms with Gasteiger partial charge in [-0.1, -0.05) is 0 Å². The van der Waals surface area contributed by atoms with Gasteiger partial charge in [0.15, 0.2) is 0 Å². The van der Waals surface area contributed by atoms with Crippen molar-refractivity contribution in [1.82, 2.24) is 15.1 Å². The Labute approximate surface area is 120 Å². The van der Waals surface area contributed by atoms with Crippen molar-refractivity contribution < 1.29 is 14.4 Å². The lowest BCUT2D eigenvalue weighted by molar-refractivity contribution is -0.384. The van der Waals surface area contributed by atoms with Crippen molar-refractivity contribution in [3.8, 4) is 5.88 Å². The lowest BCUT2D eigenvalue weighted by atomic mass is 10.2. The fraction of sp³-hybridized carbons (Fsp3) is 0.462. The van der Waals surface area contributed by atoms with Crippen molar-refractivity contribution in [2.45, 2.75) is 0 Å². The quantitative estimate of drug-likeness (QED) is 0.657. The van der Waals surface area contributed by atoms with E-state index in [9.17, 15) is 10.1 Å². The van der Waals surface area contributed by atoms with E-state index in [1.165, 1.54) is 12.1 Å². The first-order chi connectivity index (χ1) is 10.2. The number of nitrogens with zero attached hydrogens (tertiary/aromatic N) is 3. The number of hydrogen-bond acceptors (Lipinski definition) is 6. The number of rotatable bonds is 5. The Morgan fingerprint density at radius 2 is 2.24 bits per heavy atom. The second-order valence-electron chi connectivity index (χ2n) is 4.82. The normalized spacial score (nSPS) is 16.2. The number of aromatic nitrogens is 2. The van der Waals surface area contributed by atoms with Crippen LogP contribution in [0.4, 0.5) is 5.69 Å². The van der Waals surface area contributed by atoms with E-state index in [1.807, 2.05) is 0 Å². The molecule has 0 atom stereocenters. The van der Waals surface area contributed by atoms with E-state index in [0.717, 1.165) is 38.4 Å². The number of morpholine rings is 1. The molecule has 1 aliphatic rings. The Morgan fingerprint density at radius 3 is 3.00 bits per heavy atom. The lowest BCUT2D eigenvalue weighted by Crippen LogP contribution is -2.38. The molecule has 0 saturated carbocycles. The summed E-state index contributed by atoms with van der Waals surface area (Å²) in [6.45, 7) is 4.57. The summed E-state index contributed by atoms with van der Waals surface area (Å²) in [6.07, 6.45) is 0. The molecule has 1 fully saturated rings. The van der Waals surface area contributed by atoms with Crippen molar-refractivity contribution >= 4 is 16.6 Å². The van der Waals surface area contributed by atoms with Crippen LogP contribution in [0.25, 0.3) is 10.9 Å². The standard InChI is InChI=1S/C13H16N4O4/c18-17(19)10-1-2-12-11(9-10)13(15-14-12)21-8-5-16-3-6-20-7-4-16/h1-2,9H,3-8H2,(H,14,15). The number of fused-ring (bicyclic) bond motifs is 1. The molecule has 0 spiro atoms. The Morgan fingerprint density at radius 1 is 1.43 bits per heavy atom. The van der Waals surface area contributed by atoms with E-state index in [1.54, 1.807) is 6.07 Å². The summed E-state index contributed by atoms with van der Waals surface area (Å²) in [5, 5.41) is 18.3. The molecule has 1 saturated heterocycles. The molecule has 112 valence electrons. The van der Waals surface area contributed by atoms with Crippen molar-refractivity contribution in [2.75, 3.05) is 39.5 Å². The molecule has 1 N–H and O–H groups in total. The minimum absolute atomic E-state index is 0.0296. The zero-order chi connectivity index (χ0) is 14.7. The highest BCUT2D eigenvalue weighted by Gasteiger charge is 2.14. The van der Waals surface area contributed by atoms with Gasteiger partial charge in [-0.2, -0.15) is 0 Å². The molecule has 0 aliphatic carbocycles. The maximum atomic E-state index is 10.8. The number of H-pyrrole nitrogens is 1. The Balaban J connectivity index is 1.65. The highest BCUT2D eigenvalue weighted by atomic mass is 16.6. The monoisotopic (exact) mass is 292 g/mol. The lowest BCUT2D eigenvalue weighted by Gasteiger charge is -2.26. The third-order valence-electron chi connectivity index (χ3n) is 3.47. The number of hydrogen-bond donors (Lipinski definition) is 1. The summed E-state index contributed by atoms with van der Waals surface area (Å²) in [7, 11) is 0. The molecule has 3 rings (SSSR count). The molecule has 2 heterocycles. The van der Waals surface area contributed by atoms with Gasteiger partial charge >= 0.3 is 0 Å². The van der Waals surface area contributed by atoms with E-state index in [2.05, 4.69) is 15.1 Å². The SMILES string of the molecule is O=[N+]([O-])c1ccc2[nH]nc(OCCN3CCOCC3)c2c1. The highest BCUT2D eigenvalue weighted by molar-refractivity contribution is 5.86. The van der Waals surface area contributed by atoms with E-state index in [4.69, 9.17) is 9.47 Å². The van der Waals surface area contributed by atoms with Gasteiger partial charge in [0.05, 0.1) is 29.0 Å². The number of non-ortho nitro benzene ring substituents is 1. The third kappa shape index (κ3) is 3.11. The van der Waals surface area contributed by atoms with E-state index < -0.39 is 4.92 Å². The molecule has 0 radical (unpaired) electrons. The molecule has 2 aromatic rings. The molecule has 8 nitrogen and oxygen atoms in total. The smallest absolute Gasteiger partial charge is 0.270 e. The maximum Gasteiger partial charge on any atom is 0.270 e. The summed E-state index contributed by atoms with van der Waals surface area (Å²) in [6, 6.07) is 4.55. The van der Waals surface area contributed by atoms with Crippen molar-refractivity contribution in [3.63, 3.8) is 0 Å². The predicted molar refractivity (Wildman–Crippen MR) is 75.5 cm³/mol. The first-order valence-corrected chi connectivity index (χ1v) is 6.79. The van der Waals surface area contributed by atoms with Gasteiger partial charge in [-0.25, -0.2) is 0 Å². The van der Waals surface area contributed by atoms with Crippen LogP contribution in [-0.2, 0) is 4.74 Å². The largest absolute Gasteiger partial charge is 0.475 e. The maximum absolute atomic E-state index is 10.8. The number of nitro benzene ring substituents is 1. The van der Waals surface area contributed by atoms with Gasteiger partial charge in [0, 0.05) is 31.8 Å². The summed E-state index contributed by atoms with van der Waals surface area (Å²) < 4.78 is 10.9. The number of nitrogens with one attached hydrogen (secondary N) is 1. The van der Waals surface area contributed by atoms with E-state index in [-0.39, 0.29) is 5.69 Å². The van der Waals surface area contributed by atoms with E-state index in [0.29, 0.717) is 17.9 Å². The molecule has 1 aliphatic heterocycles. The van der Waals surface area contributed by atoms with Gasteiger partial charge in [-0.05, 0) is 6.07 Å². The molecular weight excluding hydrogens is 276 g/mol. The molecule has 1 aromatic carbocycles. The number of benzene rings is 1. The zero-order valence-corrected chi connectivity index (χ0v) is 11.4. The average molecular weight is 292 g/mol. The van der Waals surface area contributed by atoms with Crippen molar-refractivity contribution in [2.24, 2.45) is 0 Å². The molecule has 8 heteroatoms. The first kappa shape index (κ1) is 13.8. The summed E-state index contributed by atoms with van der Waals surface area (Å²) in [5.41, 5.74) is 0.754. The average Bonchev–Trinajstić information content (AvgIpc) is 2.91. The molecule has 0 amide bonds. The molecule has 0 bridgehead atoms. The highest BCUT2D eigenvalue weighted by Crippen LogP contribution is 2.26. The van der Waals surface area contributed by atoms with Crippen LogP contribution >= 0.6 is 0 Å². The molecule has 1 aromatic heterocycles. The van der Waals surface area contributed by atoms with Crippen LogP contribution in [0.15, 0.2) is 18.2 Å². The molecule has 21 heavy (non-hydrogen) atoms. The number of nitro groups is 1. The summed E-state index contributed by atoms with van der Waals surface area (Å²) in [5.74, 6) is 0.405. The van der Waals surface area contributed by atoms with Gasteiger partial charge in [0.25, 0.3) is 5.69 Å². The topological polar surface area (TPSA) is 93.5 Å². The Kier molecular flexibility index (Phi) is 3.98. The van der Waals surface area contributed by atoms with Crippen LogP contribution in [0.1, 0.15) is 0 Å².